The fourth-order valence-electron chi connectivity index (χ4n) is 1.03. The van der Waals surface area contributed by atoms with E-state index in [1.165, 1.54) is 0 Å². The highest BCUT2D eigenvalue weighted by molar-refractivity contribution is 4.71. The van der Waals surface area contributed by atoms with Gasteiger partial charge in [-0.1, -0.05) is 13.2 Å². The Morgan fingerprint density at radius 3 is 1.00 bits per heavy atom. The Labute approximate surface area is 112 Å². The lowest BCUT2D eigenvalue weighted by Gasteiger charge is -2.10. The predicted molar refractivity (Wildman–Crippen MR) is 74.5 cm³/mol. The lowest BCUT2D eigenvalue weighted by molar-refractivity contribution is -0.103. The molecule has 0 saturated carbocycles. The van der Waals surface area contributed by atoms with Crippen molar-refractivity contribution in [2.45, 2.75) is 40.3 Å². The van der Waals surface area contributed by atoms with Crippen LogP contribution in [0.1, 0.15) is 27.7 Å². The Bertz CT molecular complexity index is 151. The Hall–Kier alpha value is -0.680. The largest absolute Gasteiger partial charge is 0.349 e. The average Bonchev–Trinajstić information content (AvgIpc) is 2.39. The van der Waals surface area contributed by atoms with Gasteiger partial charge in [0.05, 0.1) is 0 Å². The van der Waals surface area contributed by atoms with E-state index in [0.29, 0.717) is 26.4 Å². The highest BCUT2D eigenvalue weighted by atomic mass is 16.7. The third kappa shape index (κ3) is 13.4. The number of hydrogen-bond donors (Lipinski definition) is 0. The second-order valence-corrected chi connectivity index (χ2v) is 3.03. The molecule has 0 N–H and O–H groups in total. The highest BCUT2D eigenvalue weighted by Gasteiger charge is 1.98. The maximum Gasteiger partial charge on any atom is 0.176 e. The lowest BCUT2D eigenvalue weighted by atomic mass is 10.6. The molecule has 4 heteroatoms. The van der Waals surface area contributed by atoms with Crippen LogP contribution in [0.2, 0.25) is 0 Å². The van der Waals surface area contributed by atoms with Crippen LogP contribution in [0.4, 0.5) is 0 Å². The van der Waals surface area contributed by atoms with Crippen LogP contribution in [-0.2, 0) is 18.9 Å². The molecule has 0 aliphatic carbocycles. The summed E-state index contributed by atoms with van der Waals surface area (Å²) in [6, 6.07) is 0. The van der Waals surface area contributed by atoms with E-state index in [1.54, 1.807) is 12.2 Å². The van der Waals surface area contributed by atoms with Gasteiger partial charge in [-0.25, -0.2) is 0 Å². The van der Waals surface area contributed by atoms with Gasteiger partial charge in [0, 0.05) is 26.4 Å². The van der Waals surface area contributed by atoms with Crippen LogP contribution in [0.15, 0.2) is 25.3 Å². The van der Waals surface area contributed by atoms with Gasteiger partial charge in [0.1, 0.15) is 0 Å². The second-order valence-electron chi connectivity index (χ2n) is 3.03. The average molecular weight is 260 g/mol. The molecule has 0 rings (SSSR count). The van der Waals surface area contributed by atoms with Crippen molar-refractivity contribution in [2.75, 3.05) is 26.4 Å². The zero-order chi connectivity index (χ0) is 14.2. The Kier molecular flexibility index (Phi) is 17.8. The van der Waals surface area contributed by atoms with E-state index in [9.17, 15) is 0 Å². The molecule has 0 aliphatic heterocycles. The first-order chi connectivity index (χ1) is 8.69. The van der Waals surface area contributed by atoms with Crippen LogP contribution in [0.3, 0.4) is 0 Å². The molecule has 0 amide bonds. The first-order valence-electron chi connectivity index (χ1n) is 6.41. The van der Waals surface area contributed by atoms with Gasteiger partial charge < -0.3 is 18.9 Å². The van der Waals surface area contributed by atoms with Crippen LogP contribution >= 0.6 is 0 Å². The van der Waals surface area contributed by atoms with Gasteiger partial charge in [0.15, 0.2) is 12.6 Å². The van der Waals surface area contributed by atoms with Gasteiger partial charge in [-0.15, -0.1) is 0 Å². The van der Waals surface area contributed by atoms with Crippen molar-refractivity contribution in [1.29, 1.82) is 0 Å². The molecule has 0 bridgehead atoms. The summed E-state index contributed by atoms with van der Waals surface area (Å²) in [5, 5.41) is 0. The minimum absolute atomic E-state index is 0.222. The summed E-state index contributed by atoms with van der Waals surface area (Å²) in [5.74, 6) is 0. The van der Waals surface area contributed by atoms with Gasteiger partial charge in [-0.2, -0.15) is 0 Å². The standard InChI is InChI=1S/2C7H14O2/c2*1-4-7(8-5-2)9-6-3/h2*4,7H,1,5-6H2,2-3H3. The molecule has 0 aliphatic rings. The molecule has 0 atom stereocenters. The number of hydrogen-bond acceptors (Lipinski definition) is 4. The topological polar surface area (TPSA) is 36.9 Å². The quantitative estimate of drug-likeness (QED) is 0.446. The minimum Gasteiger partial charge on any atom is -0.349 e. The van der Waals surface area contributed by atoms with E-state index in [0.717, 1.165) is 0 Å². The molecule has 0 unspecified atom stereocenters. The normalized spacial score (nSPS) is 10.1. The van der Waals surface area contributed by atoms with E-state index >= 15 is 0 Å². The Morgan fingerprint density at radius 1 is 0.667 bits per heavy atom. The van der Waals surface area contributed by atoms with Gasteiger partial charge >= 0.3 is 0 Å². The summed E-state index contributed by atoms with van der Waals surface area (Å²) in [5.41, 5.74) is 0. The van der Waals surface area contributed by atoms with Crippen LogP contribution in [0, 0.1) is 0 Å². The molecular weight excluding hydrogens is 232 g/mol. The minimum atomic E-state index is -0.222. The van der Waals surface area contributed by atoms with Crippen molar-refractivity contribution in [2.24, 2.45) is 0 Å². The molecular formula is C14H28O4. The number of rotatable bonds is 10. The van der Waals surface area contributed by atoms with Crippen LogP contribution in [0.25, 0.3) is 0 Å². The zero-order valence-electron chi connectivity index (χ0n) is 12.2. The molecule has 0 aromatic carbocycles. The smallest absolute Gasteiger partial charge is 0.176 e. The monoisotopic (exact) mass is 260 g/mol. The molecule has 0 heterocycles. The van der Waals surface area contributed by atoms with E-state index in [-0.39, 0.29) is 12.6 Å². The summed E-state index contributed by atoms with van der Waals surface area (Å²) in [4.78, 5) is 0. The second kappa shape index (κ2) is 16.3. The summed E-state index contributed by atoms with van der Waals surface area (Å²) < 4.78 is 20.4. The maximum absolute atomic E-state index is 5.09. The van der Waals surface area contributed by atoms with Crippen molar-refractivity contribution < 1.29 is 18.9 Å². The summed E-state index contributed by atoms with van der Waals surface area (Å²) in [7, 11) is 0. The van der Waals surface area contributed by atoms with Crippen molar-refractivity contribution in [1.82, 2.24) is 0 Å². The van der Waals surface area contributed by atoms with Gasteiger partial charge in [0.25, 0.3) is 0 Å². The molecule has 0 fully saturated rings. The molecule has 4 nitrogen and oxygen atoms in total. The molecule has 0 aromatic rings. The van der Waals surface area contributed by atoms with E-state index < -0.39 is 0 Å². The summed E-state index contributed by atoms with van der Waals surface area (Å²) in [6.45, 7) is 17.5. The molecule has 0 radical (unpaired) electrons. The van der Waals surface area contributed by atoms with Crippen LogP contribution in [-0.4, -0.2) is 39.0 Å². The first kappa shape index (κ1) is 19.7. The molecule has 0 aromatic heterocycles. The van der Waals surface area contributed by atoms with Crippen molar-refractivity contribution >= 4 is 0 Å². The van der Waals surface area contributed by atoms with E-state index in [4.69, 9.17) is 18.9 Å². The fourth-order valence-corrected chi connectivity index (χ4v) is 1.03. The highest BCUT2D eigenvalue weighted by Crippen LogP contribution is 1.94. The van der Waals surface area contributed by atoms with Gasteiger partial charge in [0.2, 0.25) is 0 Å². The maximum atomic E-state index is 5.09. The SMILES string of the molecule is C=CC(OCC)OCC.C=CC(OCC)OCC. The number of ether oxygens (including phenoxy) is 4. The zero-order valence-corrected chi connectivity index (χ0v) is 12.2. The molecule has 0 spiro atoms. The lowest BCUT2D eigenvalue weighted by Crippen LogP contribution is -2.13. The first-order valence-corrected chi connectivity index (χ1v) is 6.41. The van der Waals surface area contributed by atoms with Gasteiger partial charge in [-0.05, 0) is 39.8 Å². The fraction of sp³-hybridized carbons (Fsp3) is 0.714. The third-order valence-electron chi connectivity index (χ3n) is 1.71. The van der Waals surface area contributed by atoms with Gasteiger partial charge in [-0.3, -0.25) is 0 Å². The van der Waals surface area contributed by atoms with Crippen molar-refractivity contribution in [3.8, 4) is 0 Å². The summed E-state index contributed by atoms with van der Waals surface area (Å²) in [6.07, 6.45) is 2.85. The predicted octanol–water partition coefficient (Wildman–Crippen LogP) is 3.14. The third-order valence-corrected chi connectivity index (χ3v) is 1.71. The summed E-state index contributed by atoms with van der Waals surface area (Å²) >= 11 is 0. The Balaban J connectivity index is 0. The van der Waals surface area contributed by atoms with E-state index in [2.05, 4.69) is 13.2 Å². The molecule has 18 heavy (non-hydrogen) atoms. The molecule has 0 saturated heterocycles. The van der Waals surface area contributed by atoms with Crippen LogP contribution in [0.5, 0.6) is 0 Å². The van der Waals surface area contributed by atoms with Crippen molar-refractivity contribution in [3.05, 3.63) is 25.3 Å². The van der Waals surface area contributed by atoms with E-state index in [1.807, 2.05) is 27.7 Å². The van der Waals surface area contributed by atoms with Crippen LogP contribution < -0.4 is 0 Å². The molecule has 108 valence electrons. The Morgan fingerprint density at radius 2 is 0.889 bits per heavy atom. The van der Waals surface area contributed by atoms with Crippen molar-refractivity contribution in [3.63, 3.8) is 0 Å².